The zero-order valence-electron chi connectivity index (χ0n) is 52.3. The number of halogens is 4. The number of fused-ring (bicyclic) bond motifs is 2. The first-order chi connectivity index (χ1) is 37.4. The molecule has 79 heavy (non-hydrogen) atoms. The molecule has 3 aliphatic heterocycles. The molecular weight excluding hydrogens is 1020 g/mol. The van der Waals surface area contributed by atoms with Crippen molar-refractivity contribution in [2.45, 2.75) is 253 Å². The molecule has 0 spiro atoms. The highest BCUT2D eigenvalue weighted by molar-refractivity contribution is 6.31. The van der Waals surface area contributed by atoms with Gasteiger partial charge in [-0.25, -0.2) is 0 Å². The molecule has 1 aromatic rings. The summed E-state index contributed by atoms with van der Waals surface area (Å²) in [5.74, 6) is 2.31. The van der Waals surface area contributed by atoms with Gasteiger partial charge in [-0.15, -0.1) is 0 Å². The van der Waals surface area contributed by atoms with Crippen LogP contribution in [0.2, 0.25) is 5.02 Å². The minimum absolute atomic E-state index is 0.168. The van der Waals surface area contributed by atoms with Crippen LogP contribution in [0, 0.1) is 23.7 Å². The molecule has 6 N–H and O–H groups in total. The van der Waals surface area contributed by atoms with Gasteiger partial charge in [-0.05, 0) is 142 Å². The van der Waals surface area contributed by atoms with Crippen molar-refractivity contribution in [3.05, 3.63) is 70.5 Å². The maximum Gasteiger partial charge on any atom is 0.417 e. The average molecular weight is 1130 g/mol. The maximum absolute atomic E-state index is 13.6. The summed E-state index contributed by atoms with van der Waals surface area (Å²) in [5.41, 5.74) is 3.47. The summed E-state index contributed by atoms with van der Waals surface area (Å²) >= 11 is 6.18. The smallest absolute Gasteiger partial charge is 0.369 e. The molecule has 0 bridgehead atoms. The molecule has 1 aliphatic carbocycles. The van der Waals surface area contributed by atoms with Crippen LogP contribution in [0.5, 0.6) is 0 Å². The number of aliphatic imine (C=N–C) groups is 1. The fourth-order valence-corrected chi connectivity index (χ4v) is 13.3. The third kappa shape index (κ3) is 19.7. The van der Waals surface area contributed by atoms with E-state index in [-0.39, 0.29) is 28.7 Å². The Kier molecular flexibility index (Phi) is 27.0. The molecule has 6 unspecified atom stereocenters. The van der Waals surface area contributed by atoms with E-state index in [4.69, 9.17) is 16.6 Å². The van der Waals surface area contributed by atoms with Crippen molar-refractivity contribution < 1.29 is 13.2 Å². The topological polar surface area (TPSA) is 97.5 Å². The minimum atomic E-state index is -4.49. The van der Waals surface area contributed by atoms with Gasteiger partial charge in [0.25, 0.3) is 0 Å². The van der Waals surface area contributed by atoms with Crippen molar-refractivity contribution in [1.82, 2.24) is 51.5 Å². The zero-order chi connectivity index (χ0) is 58.2. The second-order valence-corrected chi connectivity index (χ2v) is 26.1. The van der Waals surface area contributed by atoms with E-state index in [1.165, 1.54) is 49.6 Å². The van der Waals surface area contributed by atoms with Crippen molar-refractivity contribution >= 4 is 17.3 Å². The summed E-state index contributed by atoms with van der Waals surface area (Å²) in [4.78, 5) is 15.1. The molecule has 1 saturated carbocycles. The van der Waals surface area contributed by atoms with Crippen LogP contribution in [0.25, 0.3) is 0 Å². The van der Waals surface area contributed by atoms with E-state index in [0.717, 1.165) is 88.7 Å². The highest BCUT2D eigenvalue weighted by atomic mass is 35.5. The molecule has 0 amide bonds. The number of hydrogen-bond donors (Lipinski definition) is 6. The Morgan fingerprint density at radius 1 is 0.772 bits per heavy atom. The highest BCUT2D eigenvalue weighted by Crippen LogP contribution is 2.39. The molecule has 5 rings (SSSR count). The first-order valence-electron chi connectivity index (χ1n) is 31.3. The number of nitrogens with zero attached hydrogens (tertiary/aromatic N) is 5. The summed E-state index contributed by atoms with van der Waals surface area (Å²) in [6.07, 6.45) is 17.9. The van der Waals surface area contributed by atoms with Gasteiger partial charge in [0.05, 0.1) is 10.6 Å². The first-order valence-corrected chi connectivity index (χ1v) is 31.7. The van der Waals surface area contributed by atoms with E-state index in [2.05, 4.69) is 175 Å². The predicted molar refractivity (Wildman–Crippen MR) is 330 cm³/mol. The monoisotopic (exact) mass is 1130 g/mol. The summed E-state index contributed by atoms with van der Waals surface area (Å²) in [7, 11) is 4.32. The molecule has 4 aliphatic rings. The van der Waals surface area contributed by atoms with Gasteiger partial charge in [0.2, 0.25) is 0 Å². The van der Waals surface area contributed by atoms with Crippen molar-refractivity contribution in [3.63, 3.8) is 0 Å². The van der Waals surface area contributed by atoms with Gasteiger partial charge < -0.3 is 46.6 Å². The summed E-state index contributed by atoms with van der Waals surface area (Å²) < 4.78 is 40.8. The number of rotatable bonds is 9. The molecule has 0 aromatic heterocycles. The first kappa shape index (κ1) is 67.1. The lowest BCUT2D eigenvalue weighted by molar-refractivity contribution is -0.137. The van der Waals surface area contributed by atoms with Crippen LogP contribution in [0.1, 0.15) is 185 Å². The zero-order valence-corrected chi connectivity index (χ0v) is 53.1. The number of alkyl halides is 3. The van der Waals surface area contributed by atoms with E-state index < -0.39 is 11.7 Å². The lowest BCUT2D eigenvalue weighted by atomic mass is 9.76. The van der Waals surface area contributed by atoms with E-state index >= 15 is 0 Å². The number of benzene rings is 1. The van der Waals surface area contributed by atoms with Gasteiger partial charge >= 0.3 is 6.18 Å². The van der Waals surface area contributed by atoms with Gasteiger partial charge in [0, 0.05) is 161 Å². The van der Waals surface area contributed by atoms with Crippen molar-refractivity contribution in [2.75, 3.05) is 53.4 Å². The standard InChI is InChI=1S/C64H113ClF3N11/c1-17-43(3)60-39-72-46(6)47(7)73-40-61-45(5)50(10)79(61)62(44(4)18-2)49(9)75-63(13,14)52(12)70-33-32-69-31-30-55(28-26-54-27-29-58(59(65)38-54)64(66,67)68)71-34-36-76(15)41-57(37-53-23-20-19-21-24-53)77(16)42-56-25-22-35-78(56)51(11)48(8)74-60/h27,29,34,36,38,41-53,60-62,69-70,72-75H,17-26,28,30-33,35,37,39-40H2,1-16H3/t43-,44-,45+,46-,47?,48?,49?,50?,51-,52?,60+,61?,62-/m0/s1. The number of nitrogens with one attached hydrogen (secondary N) is 6. The largest absolute Gasteiger partial charge is 0.417 e. The van der Waals surface area contributed by atoms with E-state index in [1.54, 1.807) is 6.07 Å². The molecule has 11 nitrogen and oxygen atoms in total. The molecule has 13 atom stereocenters. The lowest BCUT2D eigenvalue weighted by Gasteiger charge is -2.60. The van der Waals surface area contributed by atoms with Crippen LogP contribution < -0.4 is 31.9 Å². The van der Waals surface area contributed by atoms with Gasteiger partial charge in [-0.1, -0.05) is 97.2 Å². The second-order valence-electron chi connectivity index (χ2n) is 25.7. The van der Waals surface area contributed by atoms with Crippen LogP contribution in [-0.4, -0.2) is 145 Å². The number of aryl methyl sites for hydroxylation is 1. The third-order valence-corrected chi connectivity index (χ3v) is 19.9. The highest BCUT2D eigenvalue weighted by Gasteiger charge is 2.49. The van der Waals surface area contributed by atoms with Crippen LogP contribution >= 0.6 is 11.6 Å². The fraction of sp³-hybridized carbons (Fsp3) is 0.797. The predicted octanol–water partition coefficient (Wildman–Crippen LogP) is 12.4. The Balaban J connectivity index is 1.43. The quantitative estimate of drug-likeness (QED) is 0.144. The Morgan fingerprint density at radius 3 is 2.11 bits per heavy atom. The van der Waals surface area contributed by atoms with Crippen molar-refractivity contribution in [1.29, 1.82) is 0 Å². The maximum atomic E-state index is 13.6. The summed E-state index contributed by atoms with van der Waals surface area (Å²) in [6.45, 7) is 38.6. The van der Waals surface area contributed by atoms with Crippen molar-refractivity contribution in [3.8, 4) is 0 Å². The van der Waals surface area contributed by atoms with E-state index in [1.807, 2.05) is 12.4 Å². The van der Waals surface area contributed by atoms with Gasteiger partial charge in [-0.2, -0.15) is 13.2 Å². The fourth-order valence-electron chi connectivity index (χ4n) is 13.0. The Labute approximate surface area is 485 Å². The summed E-state index contributed by atoms with van der Waals surface area (Å²) in [5, 5.41) is 23.6. The lowest BCUT2D eigenvalue weighted by Crippen LogP contribution is -2.73. The Morgan fingerprint density at radius 2 is 1.46 bits per heavy atom. The third-order valence-electron chi connectivity index (χ3n) is 19.6. The SMILES string of the molecule is CC[C@H](C)[C@H]1C(C)NC(C)(C)C(C)NCCNCCC(CCc2ccc(C(F)(F)F)c(Cl)c2)=NC=CN(C)C=C(CC2CCCCC2)N(C)C=C2CCCN2[C@@H](C)C(C)N[C@@H]([C@@H](C)CC)CN[C@@H](C)C(C)NCC2[C@H](C)C(C)N21. The van der Waals surface area contributed by atoms with Crippen LogP contribution in [0.3, 0.4) is 0 Å². The van der Waals surface area contributed by atoms with Gasteiger partial charge in [0.15, 0.2) is 0 Å². The van der Waals surface area contributed by atoms with Crippen molar-refractivity contribution in [2.24, 2.45) is 28.7 Å². The van der Waals surface area contributed by atoms with Crippen LogP contribution in [0.4, 0.5) is 13.2 Å². The van der Waals surface area contributed by atoms with Crippen LogP contribution in [-0.2, 0) is 12.6 Å². The van der Waals surface area contributed by atoms with Crippen LogP contribution in [0.15, 0.2) is 59.4 Å². The molecule has 2 saturated heterocycles. The Bertz CT molecular complexity index is 2090. The molecular formula is C64H113ClF3N11. The molecule has 0 radical (unpaired) electrons. The Hall–Kier alpha value is -2.69. The van der Waals surface area contributed by atoms with E-state index in [9.17, 15) is 13.2 Å². The number of hydrogen-bond acceptors (Lipinski definition) is 11. The molecule has 15 heteroatoms. The molecule has 3 heterocycles. The summed E-state index contributed by atoms with van der Waals surface area (Å²) in [6, 6.07) is 7.53. The normalized spacial score (nSPS) is 31.9. The van der Waals surface area contributed by atoms with E-state index in [0.29, 0.717) is 85.2 Å². The van der Waals surface area contributed by atoms with Gasteiger partial charge in [-0.3, -0.25) is 9.89 Å². The molecule has 452 valence electrons. The average Bonchev–Trinajstić information content (AvgIpc) is 3.88. The minimum Gasteiger partial charge on any atom is -0.369 e. The molecule has 1 aromatic carbocycles. The van der Waals surface area contributed by atoms with Gasteiger partial charge in [0.1, 0.15) is 0 Å². The molecule has 3 fully saturated rings. The number of allylic oxidation sites excluding steroid dienone is 2. The second kappa shape index (κ2) is 31.8.